The molecule has 3 aromatic carbocycles. The number of amides is 2. The topological polar surface area (TPSA) is 86.8 Å². The highest BCUT2D eigenvalue weighted by molar-refractivity contribution is 7.92. The number of sulfonamides is 1. The van der Waals surface area contributed by atoms with Crippen molar-refractivity contribution in [2.24, 2.45) is 0 Å². The Morgan fingerprint density at radius 1 is 1.00 bits per heavy atom. The molecule has 0 saturated heterocycles. The highest BCUT2D eigenvalue weighted by atomic mass is 35.5. The number of nitrogens with one attached hydrogen (secondary N) is 1. The fraction of sp³-hybridized carbons (Fsp3) is 0.394. The smallest absolute Gasteiger partial charge is 0.243 e. The van der Waals surface area contributed by atoms with Crippen LogP contribution >= 0.6 is 11.6 Å². The van der Waals surface area contributed by atoms with Gasteiger partial charge in [0.15, 0.2) is 0 Å². The van der Waals surface area contributed by atoms with Gasteiger partial charge in [-0.3, -0.25) is 13.9 Å². The van der Waals surface area contributed by atoms with Gasteiger partial charge in [-0.05, 0) is 55.5 Å². The van der Waals surface area contributed by atoms with Crippen molar-refractivity contribution in [3.05, 3.63) is 100 Å². The van der Waals surface area contributed by atoms with Gasteiger partial charge in [0.1, 0.15) is 11.9 Å². The van der Waals surface area contributed by atoms with E-state index in [4.69, 9.17) is 11.6 Å². The molecule has 0 radical (unpaired) electrons. The van der Waals surface area contributed by atoms with Crippen molar-refractivity contribution in [1.29, 1.82) is 0 Å². The minimum absolute atomic E-state index is 0.0386. The van der Waals surface area contributed by atoms with Gasteiger partial charge in [0.2, 0.25) is 21.8 Å². The molecule has 0 heterocycles. The van der Waals surface area contributed by atoms with E-state index < -0.39 is 21.9 Å². The van der Waals surface area contributed by atoms with Crippen LogP contribution < -0.4 is 9.62 Å². The average Bonchev–Trinajstić information content (AvgIpc) is 3.48. The van der Waals surface area contributed by atoms with E-state index in [2.05, 4.69) is 5.32 Å². The molecule has 7 nitrogen and oxygen atoms in total. The van der Waals surface area contributed by atoms with Crippen LogP contribution in [0.5, 0.6) is 0 Å². The van der Waals surface area contributed by atoms with Crippen LogP contribution in [0.2, 0.25) is 5.02 Å². The molecule has 0 aliphatic heterocycles. The monoisotopic (exact) mass is 627 g/mol. The van der Waals surface area contributed by atoms with Gasteiger partial charge in [-0.15, -0.1) is 0 Å². The lowest BCUT2D eigenvalue weighted by atomic mass is 10.0. The van der Waals surface area contributed by atoms with Crippen molar-refractivity contribution in [3.63, 3.8) is 0 Å². The summed E-state index contributed by atoms with van der Waals surface area (Å²) in [7, 11) is -3.68. The molecule has 43 heavy (non-hydrogen) atoms. The standard InChI is InChI=1S/C33H39ClFN3O4S/c1-24-28(34)17-10-19-30(24)38(43(2,41)42)21-11-20-32(39)37(23-26-14-6-9-18-29(26)35)31(22-25-12-4-3-5-13-25)33(40)36-27-15-7-8-16-27/h3-6,9-10,12-14,17-19,27,31H,7-8,11,15-16,20-23H2,1-2H3,(H,36,40)/t31-/m1/s1. The van der Waals surface area contributed by atoms with Gasteiger partial charge in [0, 0.05) is 42.6 Å². The lowest BCUT2D eigenvalue weighted by Gasteiger charge is -2.33. The van der Waals surface area contributed by atoms with E-state index in [1.165, 1.54) is 15.3 Å². The van der Waals surface area contributed by atoms with Gasteiger partial charge >= 0.3 is 0 Å². The highest BCUT2D eigenvalue weighted by Crippen LogP contribution is 2.29. The fourth-order valence-electron chi connectivity index (χ4n) is 5.58. The number of carbonyl (C=O) groups is 2. The molecule has 0 spiro atoms. The third-order valence-corrected chi connectivity index (χ3v) is 9.52. The van der Waals surface area contributed by atoms with Gasteiger partial charge < -0.3 is 10.2 Å². The number of hydrogen-bond donors (Lipinski definition) is 1. The fourth-order valence-corrected chi connectivity index (χ4v) is 6.77. The molecule has 3 aromatic rings. The Labute approximate surface area is 259 Å². The molecule has 2 amide bonds. The zero-order chi connectivity index (χ0) is 31.0. The Morgan fingerprint density at radius 3 is 2.35 bits per heavy atom. The zero-order valence-corrected chi connectivity index (χ0v) is 26.2. The highest BCUT2D eigenvalue weighted by Gasteiger charge is 2.32. The van der Waals surface area contributed by atoms with Crippen LogP contribution in [0.25, 0.3) is 0 Å². The van der Waals surface area contributed by atoms with Crippen LogP contribution in [0.4, 0.5) is 10.1 Å². The second kappa shape index (κ2) is 14.8. The number of benzene rings is 3. The Kier molecular flexibility index (Phi) is 11.2. The molecule has 10 heteroatoms. The van der Waals surface area contributed by atoms with Crippen molar-refractivity contribution in [1.82, 2.24) is 10.2 Å². The third kappa shape index (κ3) is 8.80. The van der Waals surface area contributed by atoms with E-state index in [-0.39, 0.29) is 50.2 Å². The number of nitrogens with zero attached hydrogens (tertiary/aromatic N) is 2. The first-order valence-electron chi connectivity index (χ1n) is 14.6. The number of rotatable bonds is 13. The molecular weight excluding hydrogens is 589 g/mol. The quantitative estimate of drug-likeness (QED) is 0.251. The molecule has 0 unspecified atom stereocenters. The first-order chi connectivity index (χ1) is 20.5. The van der Waals surface area contributed by atoms with Crippen LogP contribution in [0.15, 0.2) is 72.8 Å². The van der Waals surface area contributed by atoms with Crippen molar-refractivity contribution >= 4 is 39.1 Å². The summed E-state index contributed by atoms with van der Waals surface area (Å²) in [4.78, 5) is 29.2. The molecule has 230 valence electrons. The summed E-state index contributed by atoms with van der Waals surface area (Å²) < 4.78 is 41.6. The van der Waals surface area contributed by atoms with Crippen LogP contribution in [0.3, 0.4) is 0 Å². The summed E-state index contributed by atoms with van der Waals surface area (Å²) in [5.41, 5.74) is 2.24. The minimum Gasteiger partial charge on any atom is -0.352 e. The second-order valence-corrected chi connectivity index (χ2v) is 13.4. The van der Waals surface area contributed by atoms with E-state index in [9.17, 15) is 22.4 Å². The number of halogens is 2. The molecule has 0 bridgehead atoms. The molecule has 0 aromatic heterocycles. The molecule has 1 saturated carbocycles. The van der Waals surface area contributed by atoms with Gasteiger partial charge in [-0.25, -0.2) is 12.8 Å². The molecule has 1 aliphatic carbocycles. The number of anilines is 1. The summed E-state index contributed by atoms with van der Waals surface area (Å²) in [6.07, 6.45) is 5.37. The Balaban J connectivity index is 1.61. The third-order valence-electron chi connectivity index (χ3n) is 7.93. The first-order valence-corrected chi connectivity index (χ1v) is 16.9. The maximum Gasteiger partial charge on any atom is 0.243 e. The van der Waals surface area contributed by atoms with Crippen molar-refractivity contribution < 1.29 is 22.4 Å². The summed E-state index contributed by atoms with van der Waals surface area (Å²) in [5, 5.41) is 3.58. The lowest BCUT2D eigenvalue weighted by molar-refractivity contribution is -0.141. The minimum atomic E-state index is -3.68. The van der Waals surface area contributed by atoms with Crippen molar-refractivity contribution in [2.75, 3.05) is 17.1 Å². The van der Waals surface area contributed by atoms with Crippen molar-refractivity contribution in [3.8, 4) is 0 Å². The maximum absolute atomic E-state index is 14.9. The first kappa shape index (κ1) is 32.5. The van der Waals surface area contributed by atoms with E-state index in [1.54, 1.807) is 43.3 Å². The molecule has 1 aliphatic rings. The molecule has 1 atom stereocenters. The largest absolute Gasteiger partial charge is 0.352 e. The molecule has 4 rings (SSSR count). The molecule has 1 N–H and O–H groups in total. The van der Waals surface area contributed by atoms with E-state index in [0.717, 1.165) is 37.5 Å². The van der Waals surface area contributed by atoms with Crippen LogP contribution in [0, 0.1) is 12.7 Å². The van der Waals surface area contributed by atoms with E-state index in [0.29, 0.717) is 21.8 Å². The summed E-state index contributed by atoms with van der Waals surface area (Å²) in [6, 6.07) is 19.9. The summed E-state index contributed by atoms with van der Waals surface area (Å²) in [5.74, 6) is -1.09. The summed E-state index contributed by atoms with van der Waals surface area (Å²) >= 11 is 6.26. The van der Waals surface area contributed by atoms with Crippen LogP contribution in [0.1, 0.15) is 55.2 Å². The zero-order valence-electron chi connectivity index (χ0n) is 24.6. The predicted molar refractivity (Wildman–Crippen MR) is 169 cm³/mol. The predicted octanol–water partition coefficient (Wildman–Crippen LogP) is 6.03. The Bertz CT molecular complexity index is 1510. The second-order valence-electron chi connectivity index (χ2n) is 11.1. The van der Waals surface area contributed by atoms with Gasteiger partial charge in [0.05, 0.1) is 11.9 Å². The van der Waals surface area contributed by atoms with Gasteiger partial charge in [-0.2, -0.15) is 0 Å². The number of hydrogen-bond acceptors (Lipinski definition) is 4. The lowest BCUT2D eigenvalue weighted by Crippen LogP contribution is -2.52. The van der Waals surface area contributed by atoms with E-state index in [1.807, 2.05) is 30.3 Å². The van der Waals surface area contributed by atoms with Crippen LogP contribution in [-0.4, -0.2) is 50.0 Å². The normalized spacial score (nSPS) is 14.3. The SMILES string of the molecule is Cc1c(Cl)cccc1N(CCCC(=O)N(Cc1ccccc1F)[C@H](Cc1ccccc1)C(=O)NC1CCCC1)S(C)(=O)=O. The van der Waals surface area contributed by atoms with E-state index >= 15 is 0 Å². The number of carbonyl (C=O) groups excluding carboxylic acids is 2. The Morgan fingerprint density at radius 2 is 1.67 bits per heavy atom. The maximum atomic E-state index is 14.9. The Hall–Kier alpha value is -3.43. The van der Waals surface area contributed by atoms with Gasteiger partial charge in [0.25, 0.3) is 0 Å². The average molecular weight is 628 g/mol. The van der Waals surface area contributed by atoms with Gasteiger partial charge in [-0.1, -0.05) is 79.0 Å². The summed E-state index contributed by atoms with van der Waals surface area (Å²) in [6.45, 7) is 1.69. The molecular formula is C33H39ClFN3O4S. The van der Waals surface area contributed by atoms with Crippen molar-refractivity contribution in [2.45, 2.75) is 70.5 Å². The molecule has 1 fully saturated rings. The van der Waals surface area contributed by atoms with Crippen LogP contribution in [-0.2, 0) is 32.6 Å².